The zero-order valence-electron chi connectivity index (χ0n) is 7.00. The fraction of sp³-hybridized carbons (Fsp3) is 0.875. The number of aliphatic hydroxyl groups excluding tert-OH is 1. The first-order valence-electron chi connectivity index (χ1n) is 4.07. The normalized spacial score (nSPS) is 31.1. The molecule has 0 aromatic heterocycles. The van der Waals surface area contributed by atoms with E-state index in [0.29, 0.717) is 5.92 Å². The number of amides is 1. The van der Waals surface area contributed by atoms with Gasteiger partial charge >= 0.3 is 0 Å². The van der Waals surface area contributed by atoms with Gasteiger partial charge in [-0.2, -0.15) is 0 Å². The van der Waals surface area contributed by atoms with Crippen molar-refractivity contribution in [1.29, 1.82) is 0 Å². The van der Waals surface area contributed by atoms with E-state index in [2.05, 4.69) is 19.2 Å². The van der Waals surface area contributed by atoms with E-state index in [1.165, 1.54) is 0 Å². The number of carbonyl (C=O) groups excluding carboxylic acids is 1. The molecule has 1 amide bonds. The predicted octanol–water partition coefficient (Wildman–Crippen LogP) is 0.282. The van der Waals surface area contributed by atoms with Gasteiger partial charge < -0.3 is 10.4 Å². The third kappa shape index (κ3) is 2.19. The largest absolute Gasteiger partial charge is 0.390 e. The Balaban J connectivity index is 2.40. The van der Waals surface area contributed by atoms with E-state index >= 15 is 0 Å². The Morgan fingerprint density at radius 2 is 2.36 bits per heavy atom. The highest BCUT2D eigenvalue weighted by Gasteiger charge is 2.30. The van der Waals surface area contributed by atoms with Gasteiger partial charge in [0, 0.05) is 0 Å². The van der Waals surface area contributed by atoms with Crippen LogP contribution in [0.4, 0.5) is 0 Å². The quantitative estimate of drug-likeness (QED) is 0.605. The molecule has 0 aliphatic carbocycles. The molecule has 0 radical (unpaired) electrons. The fourth-order valence-electron chi connectivity index (χ4n) is 1.42. The number of hydrogen-bond donors (Lipinski definition) is 2. The van der Waals surface area contributed by atoms with Gasteiger partial charge in [0.25, 0.3) is 0 Å². The van der Waals surface area contributed by atoms with Crippen LogP contribution in [0.15, 0.2) is 0 Å². The van der Waals surface area contributed by atoms with Gasteiger partial charge in [0.15, 0.2) is 0 Å². The summed E-state index contributed by atoms with van der Waals surface area (Å²) in [6.07, 6.45) is 0.675. The first kappa shape index (κ1) is 8.53. The molecular weight excluding hydrogens is 142 g/mol. The standard InChI is InChI=1S/C8H15NO2/c1-5(2)3-6-7(10)4-8(11)9-6/h5-7,10H,3-4H2,1-2H3,(H,9,11)/t6-,7-/m1/s1. The molecule has 0 bridgehead atoms. The zero-order chi connectivity index (χ0) is 8.43. The Morgan fingerprint density at radius 1 is 1.73 bits per heavy atom. The fourth-order valence-corrected chi connectivity index (χ4v) is 1.42. The second-order valence-electron chi connectivity index (χ2n) is 3.58. The average molecular weight is 157 g/mol. The van der Waals surface area contributed by atoms with Crippen molar-refractivity contribution in [3.05, 3.63) is 0 Å². The summed E-state index contributed by atoms with van der Waals surface area (Å²) < 4.78 is 0. The maximum atomic E-state index is 10.8. The predicted molar refractivity (Wildman–Crippen MR) is 42.0 cm³/mol. The molecule has 0 saturated carbocycles. The zero-order valence-corrected chi connectivity index (χ0v) is 7.00. The van der Waals surface area contributed by atoms with Gasteiger partial charge in [-0.05, 0) is 12.3 Å². The lowest BCUT2D eigenvalue weighted by atomic mass is 10.0. The second-order valence-corrected chi connectivity index (χ2v) is 3.58. The molecule has 1 fully saturated rings. The minimum absolute atomic E-state index is 0.0116. The Labute approximate surface area is 66.8 Å². The summed E-state index contributed by atoms with van der Waals surface area (Å²) in [5.74, 6) is 0.496. The van der Waals surface area contributed by atoms with Crippen LogP contribution in [0.25, 0.3) is 0 Å². The number of hydrogen-bond acceptors (Lipinski definition) is 2. The minimum Gasteiger partial charge on any atom is -0.390 e. The topological polar surface area (TPSA) is 49.3 Å². The molecule has 2 atom stereocenters. The van der Waals surface area contributed by atoms with Crippen LogP contribution >= 0.6 is 0 Å². The third-order valence-corrected chi connectivity index (χ3v) is 1.93. The van der Waals surface area contributed by atoms with Crippen molar-refractivity contribution >= 4 is 5.91 Å². The maximum absolute atomic E-state index is 10.8. The summed E-state index contributed by atoms with van der Waals surface area (Å²) in [5, 5.41) is 12.1. The summed E-state index contributed by atoms with van der Waals surface area (Å²) in [6, 6.07) is -0.0116. The van der Waals surface area contributed by atoms with Crippen LogP contribution in [-0.2, 0) is 4.79 Å². The van der Waals surface area contributed by atoms with Crippen LogP contribution in [0.5, 0.6) is 0 Å². The van der Waals surface area contributed by atoms with Crippen LogP contribution in [0.2, 0.25) is 0 Å². The van der Waals surface area contributed by atoms with Crippen molar-refractivity contribution in [2.24, 2.45) is 5.92 Å². The minimum atomic E-state index is -0.468. The molecule has 1 aliphatic rings. The molecule has 1 aliphatic heterocycles. The van der Waals surface area contributed by atoms with Crippen molar-refractivity contribution in [2.45, 2.75) is 38.8 Å². The van der Waals surface area contributed by atoms with E-state index in [9.17, 15) is 9.90 Å². The highest BCUT2D eigenvalue weighted by atomic mass is 16.3. The molecule has 3 heteroatoms. The summed E-state index contributed by atoms with van der Waals surface area (Å²) in [6.45, 7) is 4.16. The van der Waals surface area contributed by atoms with Gasteiger partial charge in [-0.3, -0.25) is 4.79 Å². The Hall–Kier alpha value is -0.570. The van der Waals surface area contributed by atoms with E-state index in [-0.39, 0.29) is 18.4 Å². The van der Waals surface area contributed by atoms with Crippen LogP contribution in [0.1, 0.15) is 26.7 Å². The van der Waals surface area contributed by atoms with Gasteiger partial charge in [-0.25, -0.2) is 0 Å². The van der Waals surface area contributed by atoms with E-state index in [4.69, 9.17) is 0 Å². The van der Waals surface area contributed by atoms with E-state index < -0.39 is 6.10 Å². The Kier molecular flexibility index (Phi) is 2.49. The van der Waals surface area contributed by atoms with Crippen LogP contribution in [0, 0.1) is 5.92 Å². The SMILES string of the molecule is CC(C)C[C@H]1NC(=O)C[C@H]1O. The Morgan fingerprint density at radius 3 is 2.73 bits per heavy atom. The highest BCUT2D eigenvalue weighted by molar-refractivity contribution is 5.79. The highest BCUT2D eigenvalue weighted by Crippen LogP contribution is 2.15. The van der Waals surface area contributed by atoms with Crippen LogP contribution in [-0.4, -0.2) is 23.2 Å². The molecule has 1 heterocycles. The average Bonchev–Trinajstić information content (AvgIpc) is 2.09. The van der Waals surface area contributed by atoms with Crippen molar-refractivity contribution in [1.82, 2.24) is 5.32 Å². The lowest BCUT2D eigenvalue weighted by molar-refractivity contribution is -0.119. The first-order chi connectivity index (χ1) is 5.09. The number of rotatable bonds is 2. The monoisotopic (exact) mass is 157 g/mol. The second kappa shape index (κ2) is 3.22. The third-order valence-electron chi connectivity index (χ3n) is 1.93. The molecule has 2 N–H and O–H groups in total. The molecule has 3 nitrogen and oxygen atoms in total. The number of carbonyl (C=O) groups is 1. The van der Waals surface area contributed by atoms with E-state index in [0.717, 1.165) is 6.42 Å². The van der Waals surface area contributed by atoms with Crippen molar-refractivity contribution < 1.29 is 9.90 Å². The van der Waals surface area contributed by atoms with Gasteiger partial charge in [0.05, 0.1) is 18.6 Å². The smallest absolute Gasteiger partial charge is 0.222 e. The Bertz CT molecular complexity index is 156. The van der Waals surface area contributed by atoms with E-state index in [1.807, 2.05) is 0 Å². The molecule has 0 spiro atoms. The van der Waals surface area contributed by atoms with Crippen LogP contribution in [0.3, 0.4) is 0 Å². The van der Waals surface area contributed by atoms with E-state index in [1.54, 1.807) is 0 Å². The summed E-state index contributed by atoms with van der Waals surface area (Å²) in [7, 11) is 0. The lowest BCUT2D eigenvalue weighted by Crippen LogP contribution is -2.32. The first-order valence-corrected chi connectivity index (χ1v) is 4.07. The van der Waals surface area contributed by atoms with Gasteiger partial charge in [0.2, 0.25) is 5.91 Å². The maximum Gasteiger partial charge on any atom is 0.222 e. The molecule has 1 rings (SSSR count). The summed E-state index contributed by atoms with van der Waals surface area (Å²) in [5.41, 5.74) is 0. The molecule has 1 saturated heterocycles. The van der Waals surface area contributed by atoms with Crippen molar-refractivity contribution in [2.75, 3.05) is 0 Å². The molecule has 0 unspecified atom stereocenters. The summed E-state index contributed by atoms with van der Waals surface area (Å²) >= 11 is 0. The molecule has 11 heavy (non-hydrogen) atoms. The van der Waals surface area contributed by atoms with Gasteiger partial charge in [-0.1, -0.05) is 13.8 Å². The molecule has 0 aromatic carbocycles. The van der Waals surface area contributed by atoms with Gasteiger partial charge in [0.1, 0.15) is 0 Å². The van der Waals surface area contributed by atoms with Gasteiger partial charge in [-0.15, -0.1) is 0 Å². The van der Waals surface area contributed by atoms with Crippen molar-refractivity contribution in [3.8, 4) is 0 Å². The lowest BCUT2D eigenvalue weighted by Gasteiger charge is -2.15. The molecule has 0 aromatic rings. The molecular formula is C8H15NO2. The summed E-state index contributed by atoms with van der Waals surface area (Å²) in [4.78, 5) is 10.8. The van der Waals surface area contributed by atoms with Crippen LogP contribution < -0.4 is 5.32 Å². The van der Waals surface area contributed by atoms with Crippen molar-refractivity contribution in [3.63, 3.8) is 0 Å². The molecule has 64 valence electrons. The number of aliphatic hydroxyl groups is 1. The number of nitrogens with one attached hydrogen (secondary N) is 1.